The summed E-state index contributed by atoms with van der Waals surface area (Å²) in [6, 6.07) is 9.96. The van der Waals surface area contributed by atoms with Gasteiger partial charge in [0.05, 0.1) is 31.6 Å². The third-order valence-electron chi connectivity index (χ3n) is 3.55. The summed E-state index contributed by atoms with van der Waals surface area (Å²) in [6.45, 7) is 7.35. The highest BCUT2D eigenvalue weighted by molar-refractivity contribution is 5.22. The average Bonchev–Trinajstić information content (AvgIpc) is 2.67. The lowest BCUT2D eigenvalue weighted by Crippen LogP contribution is -2.23. The number of aryl methyl sites for hydroxylation is 1. The van der Waals surface area contributed by atoms with E-state index >= 15 is 0 Å². The number of nitrogens with zero attached hydrogens (tertiary/aromatic N) is 2. The molecule has 0 aliphatic carbocycles. The van der Waals surface area contributed by atoms with E-state index in [-0.39, 0.29) is 0 Å². The Morgan fingerprint density at radius 2 is 1.90 bits per heavy atom. The minimum atomic E-state index is -0.545. The van der Waals surface area contributed by atoms with Crippen molar-refractivity contribution in [1.29, 1.82) is 0 Å². The van der Waals surface area contributed by atoms with Gasteiger partial charge in [0, 0.05) is 5.69 Å². The summed E-state index contributed by atoms with van der Waals surface area (Å²) in [7, 11) is 0. The number of hydrogen-bond donors (Lipinski definition) is 1. The Labute approximate surface area is 120 Å². The van der Waals surface area contributed by atoms with Crippen LogP contribution in [0.4, 0.5) is 0 Å². The average molecular weight is 274 g/mol. The maximum absolute atomic E-state index is 10.0. The Kier molecular flexibility index (Phi) is 4.93. The summed E-state index contributed by atoms with van der Waals surface area (Å²) in [5.74, 6) is 0. The molecule has 4 nitrogen and oxygen atoms in total. The maximum Gasteiger partial charge on any atom is 0.0969 e. The lowest BCUT2D eigenvalue weighted by Gasteiger charge is -2.13. The van der Waals surface area contributed by atoms with E-state index in [1.54, 1.807) is 0 Å². The highest BCUT2D eigenvalue weighted by atomic mass is 16.5. The molecule has 2 aromatic rings. The zero-order chi connectivity index (χ0) is 14.5. The van der Waals surface area contributed by atoms with Gasteiger partial charge < -0.3 is 9.84 Å². The van der Waals surface area contributed by atoms with Gasteiger partial charge >= 0.3 is 0 Å². The van der Waals surface area contributed by atoms with Crippen LogP contribution in [0.2, 0.25) is 0 Å². The summed E-state index contributed by atoms with van der Waals surface area (Å²) >= 11 is 0. The van der Waals surface area contributed by atoms with E-state index in [0.717, 1.165) is 17.0 Å². The number of hydrogen-bond acceptors (Lipinski definition) is 3. The normalized spacial score (nSPS) is 12.6. The first kappa shape index (κ1) is 14.8. The zero-order valence-corrected chi connectivity index (χ0v) is 12.3. The van der Waals surface area contributed by atoms with Crippen LogP contribution in [-0.2, 0) is 17.9 Å². The number of aliphatic hydroxyl groups excluding tert-OH is 1. The Bertz CT molecular complexity index is 549. The van der Waals surface area contributed by atoms with Gasteiger partial charge in [-0.15, -0.1) is 0 Å². The van der Waals surface area contributed by atoms with Gasteiger partial charge in [0.25, 0.3) is 0 Å². The standard InChI is InChI=1S/C16H22N2O2/c1-12-13(2)17-18(14(12)3)9-16(19)11-20-10-15-7-5-4-6-8-15/h4-8,16,19H,9-11H2,1-3H3. The van der Waals surface area contributed by atoms with Gasteiger partial charge in [-0.25, -0.2) is 0 Å². The van der Waals surface area contributed by atoms with Crippen molar-refractivity contribution in [2.45, 2.75) is 40.0 Å². The molecule has 0 saturated carbocycles. The van der Waals surface area contributed by atoms with Crippen LogP contribution >= 0.6 is 0 Å². The first-order valence-corrected chi connectivity index (χ1v) is 6.88. The Morgan fingerprint density at radius 3 is 2.50 bits per heavy atom. The minimum absolute atomic E-state index is 0.312. The highest BCUT2D eigenvalue weighted by Gasteiger charge is 2.11. The molecule has 0 amide bonds. The molecule has 1 atom stereocenters. The molecule has 108 valence electrons. The van der Waals surface area contributed by atoms with Crippen molar-refractivity contribution >= 4 is 0 Å². The Morgan fingerprint density at radius 1 is 1.20 bits per heavy atom. The van der Waals surface area contributed by atoms with Gasteiger partial charge in [-0.3, -0.25) is 4.68 Å². The van der Waals surface area contributed by atoms with Crippen molar-refractivity contribution in [2.75, 3.05) is 6.61 Å². The third-order valence-corrected chi connectivity index (χ3v) is 3.55. The van der Waals surface area contributed by atoms with Gasteiger partial charge in [0.2, 0.25) is 0 Å². The quantitative estimate of drug-likeness (QED) is 0.880. The van der Waals surface area contributed by atoms with E-state index in [1.807, 2.05) is 55.8 Å². The Hall–Kier alpha value is -1.65. The maximum atomic E-state index is 10.0. The lowest BCUT2D eigenvalue weighted by atomic mass is 10.2. The molecule has 1 unspecified atom stereocenters. The molecule has 1 heterocycles. The van der Waals surface area contributed by atoms with Gasteiger partial charge in [-0.05, 0) is 31.9 Å². The van der Waals surface area contributed by atoms with Crippen LogP contribution in [0.5, 0.6) is 0 Å². The van der Waals surface area contributed by atoms with Crippen molar-refractivity contribution in [3.8, 4) is 0 Å². The molecule has 0 saturated heterocycles. The summed E-state index contributed by atoms with van der Waals surface area (Å²) in [6.07, 6.45) is -0.545. The number of ether oxygens (including phenoxy) is 1. The molecule has 0 fully saturated rings. The molecule has 0 spiro atoms. The van der Waals surface area contributed by atoms with Crippen LogP contribution in [0.15, 0.2) is 30.3 Å². The fourth-order valence-corrected chi connectivity index (χ4v) is 2.10. The predicted octanol–water partition coefficient (Wildman–Crippen LogP) is 2.39. The molecule has 1 aromatic heterocycles. The molecule has 2 rings (SSSR count). The second-order valence-electron chi connectivity index (χ2n) is 5.13. The summed E-state index contributed by atoms with van der Waals surface area (Å²) < 4.78 is 7.39. The van der Waals surface area contributed by atoms with Crippen LogP contribution in [0.1, 0.15) is 22.5 Å². The van der Waals surface area contributed by atoms with Crippen LogP contribution in [0.3, 0.4) is 0 Å². The second-order valence-corrected chi connectivity index (χ2v) is 5.13. The van der Waals surface area contributed by atoms with E-state index in [1.165, 1.54) is 5.56 Å². The third kappa shape index (κ3) is 3.68. The van der Waals surface area contributed by atoms with Gasteiger partial charge in [-0.1, -0.05) is 30.3 Å². The van der Waals surface area contributed by atoms with Crippen molar-refractivity contribution in [2.24, 2.45) is 0 Å². The fraction of sp³-hybridized carbons (Fsp3) is 0.438. The van der Waals surface area contributed by atoms with Crippen molar-refractivity contribution in [1.82, 2.24) is 9.78 Å². The molecule has 0 bridgehead atoms. The molecular weight excluding hydrogens is 252 g/mol. The molecule has 0 aliphatic rings. The van der Waals surface area contributed by atoms with Crippen LogP contribution in [-0.4, -0.2) is 27.6 Å². The van der Waals surface area contributed by atoms with E-state index in [4.69, 9.17) is 4.74 Å². The summed E-state index contributed by atoms with van der Waals surface area (Å²) in [5.41, 5.74) is 4.41. The SMILES string of the molecule is Cc1nn(CC(O)COCc2ccccc2)c(C)c1C. The van der Waals surface area contributed by atoms with Crippen molar-refractivity contribution < 1.29 is 9.84 Å². The summed E-state index contributed by atoms with van der Waals surface area (Å²) in [4.78, 5) is 0. The van der Waals surface area contributed by atoms with Crippen LogP contribution in [0, 0.1) is 20.8 Å². The Balaban J connectivity index is 1.81. The van der Waals surface area contributed by atoms with Gasteiger partial charge in [-0.2, -0.15) is 5.10 Å². The highest BCUT2D eigenvalue weighted by Crippen LogP contribution is 2.11. The van der Waals surface area contributed by atoms with Crippen molar-refractivity contribution in [3.63, 3.8) is 0 Å². The van der Waals surface area contributed by atoms with Crippen molar-refractivity contribution in [3.05, 3.63) is 52.8 Å². The first-order chi connectivity index (χ1) is 9.58. The zero-order valence-electron chi connectivity index (χ0n) is 12.3. The van der Waals surface area contributed by atoms with E-state index in [9.17, 15) is 5.11 Å². The number of aliphatic hydroxyl groups is 1. The smallest absolute Gasteiger partial charge is 0.0969 e. The molecule has 20 heavy (non-hydrogen) atoms. The largest absolute Gasteiger partial charge is 0.389 e. The van der Waals surface area contributed by atoms with E-state index in [0.29, 0.717) is 19.8 Å². The van der Waals surface area contributed by atoms with Crippen LogP contribution in [0.25, 0.3) is 0 Å². The minimum Gasteiger partial charge on any atom is -0.389 e. The number of rotatable bonds is 6. The second kappa shape index (κ2) is 6.68. The number of benzene rings is 1. The first-order valence-electron chi connectivity index (χ1n) is 6.88. The fourth-order valence-electron chi connectivity index (χ4n) is 2.10. The van der Waals surface area contributed by atoms with Gasteiger partial charge in [0.1, 0.15) is 0 Å². The molecule has 1 N–H and O–H groups in total. The number of aromatic nitrogens is 2. The molecular formula is C16H22N2O2. The molecule has 1 aromatic carbocycles. The molecule has 0 radical (unpaired) electrons. The van der Waals surface area contributed by atoms with Crippen LogP contribution < -0.4 is 0 Å². The van der Waals surface area contributed by atoms with E-state index < -0.39 is 6.10 Å². The monoisotopic (exact) mass is 274 g/mol. The predicted molar refractivity (Wildman–Crippen MR) is 78.5 cm³/mol. The topological polar surface area (TPSA) is 47.3 Å². The van der Waals surface area contributed by atoms with E-state index in [2.05, 4.69) is 5.10 Å². The summed E-state index contributed by atoms with van der Waals surface area (Å²) in [5, 5.41) is 14.4. The van der Waals surface area contributed by atoms with Gasteiger partial charge in [0.15, 0.2) is 0 Å². The molecule has 0 aliphatic heterocycles. The lowest BCUT2D eigenvalue weighted by molar-refractivity contribution is 0.0184. The molecule has 4 heteroatoms.